The molecule has 5 nitrogen and oxygen atoms in total. The summed E-state index contributed by atoms with van der Waals surface area (Å²) in [6, 6.07) is 0.150. The molecule has 0 aromatic carbocycles. The summed E-state index contributed by atoms with van der Waals surface area (Å²) in [7, 11) is 0. The van der Waals surface area contributed by atoms with Crippen LogP contribution in [-0.4, -0.2) is 38.8 Å². The Labute approximate surface area is 151 Å². The first-order valence-corrected chi connectivity index (χ1v) is 9.14. The number of hydrogen-bond acceptors (Lipinski definition) is 4. The number of hydrogen-bond donors (Lipinski definition) is 1. The zero-order chi connectivity index (χ0) is 19.0. The number of nitrogens with zero attached hydrogens (tertiary/aromatic N) is 2. The number of aryl methyl sites for hydroxylation is 1. The Kier molecular flexibility index (Phi) is 5.47. The fourth-order valence-corrected chi connectivity index (χ4v) is 3.96. The summed E-state index contributed by atoms with van der Waals surface area (Å²) in [4.78, 5) is 15.0. The molecule has 1 unspecified atom stereocenters. The van der Waals surface area contributed by atoms with Gasteiger partial charge in [-0.25, -0.2) is 0 Å². The Hall–Kier alpha value is -1.62. The van der Waals surface area contributed by atoms with Crippen molar-refractivity contribution in [2.24, 2.45) is 5.41 Å². The number of allylic oxidation sites excluding steroid dienone is 1. The topological polar surface area (TPSA) is 66.6 Å². The van der Waals surface area contributed by atoms with Gasteiger partial charge in [0.15, 0.2) is 5.76 Å². The Morgan fingerprint density at radius 1 is 1.32 bits per heavy atom. The van der Waals surface area contributed by atoms with Gasteiger partial charge in [-0.2, -0.15) is 0 Å². The minimum absolute atomic E-state index is 0.0185. The first-order chi connectivity index (χ1) is 11.5. The van der Waals surface area contributed by atoms with Gasteiger partial charge >= 0.3 is 0 Å². The molecule has 0 saturated carbocycles. The van der Waals surface area contributed by atoms with Crippen LogP contribution in [-0.2, 0) is 6.42 Å². The van der Waals surface area contributed by atoms with E-state index in [1.54, 1.807) is 6.92 Å². The molecule has 140 valence electrons. The van der Waals surface area contributed by atoms with Crippen molar-refractivity contribution in [3.63, 3.8) is 0 Å². The van der Waals surface area contributed by atoms with Crippen LogP contribution in [0.5, 0.6) is 0 Å². The van der Waals surface area contributed by atoms with E-state index in [4.69, 9.17) is 4.52 Å². The Morgan fingerprint density at radius 2 is 1.92 bits per heavy atom. The van der Waals surface area contributed by atoms with E-state index >= 15 is 0 Å². The number of aromatic nitrogens is 1. The lowest BCUT2D eigenvalue weighted by atomic mass is 9.72. The van der Waals surface area contributed by atoms with E-state index in [2.05, 4.69) is 19.0 Å². The standard InChI is InChI=1S/C20H32N2O3/c1-13(2)22(14(3)4)18(23)17-15(5)21-25-16(17)11-20(24)10-8-9-19(6,7)12-20/h8,10,13-14,24H,9,11-12H2,1-7H3. The number of carbonyl (C=O) groups is 1. The molecule has 0 fully saturated rings. The molecule has 1 aliphatic carbocycles. The highest BCUT2D eigenvalue weighted by Gasteiger charge is 2.38. The van der Waals surface area contributed by atoms with E-state index in [-0.39, 0.29) is 29.8 Å². The maximum Gasteiger partial charge on any atom is 0.259 e. The van der Waals surface area contributed by atoms with Crippen LogP contribution in [0, 0.1) is 12.3 Å². The number of amides is 1. The molecular weight excluding hydrogens is 316 g/mol. The fraction of sp³-hybridized carbons (Fsp3) is 0.700. The van der Waals surface area contributed by atoms with Crippen LogP contribution in [0.15, 0.2) is 16.7 Å². The van der Waals surface area contributed by atoms with Crippen LogP contribution in [0.1, 0.15) is 76.2 Å². The molecule has 1 aromatic heterocycles. The van der Waals surface area contributed by atoms with Crippen molar-refractivity contribution in [3.05, 3.63) is 29.2 Å². The molecule has 1 aliphatic rings. The van der Waals surface area contributed by atoms with E-state index in [9.17, 15) is 9.90 Å². The average Bonchev–Trinajstić information content (AvgIpc) is 2.76. The first kappa shape index (κ1) is 19.7. The molecule has 0 radical (unpaired) electrons. The summed E-state index contributed by atoms with van der Waals surface area (Å²) < 4.78 is 5.47. The largest absolute Gasteiger partial charge is 0.385 e. The van der Waals surface area contributed by atoms with Crippen molar-refractivity contribution in [1.82, 2.24) is 10.1 Å². The third-order valence-electron chi connectivity index (χ3n) is 4.84. The second kappa shape index (κ2) is 6.94. The predicted octanol–water partition coefficient (Wildman–Crippen LogP) is 3.89. The van der Waals surface area contributed by atoms with E-state index in [1.807, 2.05) is 44.7 Å². The van der Waals surface area contributed by atoms with Crippen LogP contribution in [0.25, 0.3) is 0 Å². The Balaban J connectivity index is 2.35. The van der Waals surface area contributed by atoms with Crippen molar-refractivity contribution in [2.45, 2.75) is 85.4 Å². The second-order valence-electron chi connectivity index (χ2n) is 8.69. The highest BCUT2D eigenvalue weighted by atomic mass is 16.5. The molecule has 0 bridgehead atoms. The van der Waals surface area contributed by atoms with Gasteiger partial charge in [0.2, 0.25) is 0 Å². The van der Waals surface area contributed by atoms with Gasteiger partial charge in [-0.3, -0.25) is 4.79 Å². The predicted molar refractivity (Wildman–Crippen MR) is 98.5 cm³/mol. The highest BCUT2D eigenvalue weighted by molar-refractivity contribution is 5.96. The maximum absolute atomic E-state index is 13.1. The molecule has 1 amide bonds. The molecule has 25 heavy (non-hydrogen) atoms. The smallest absolute Gasteiger partial charge is 0.259 e. The second-order valence-corrected chi connectivity index (χ2v) is 8.69. The van der Waals surface area contributed by atoms with Gasteiger partial charge in [-0.15, -0.1) is 0 Å². The molecule has 1 heterocycles. The van der Waals surface area contributed by atoms with Gasteiger partial charge < -0.3 is 14.5 Å². The van der Waals surface area contributed by atoms with Crippen LogP contribution in [0.4, 0.5) is 0 Å². The first-order valence-electron chi connectivity index (χ1n) is 9.14. The van der Waals surface area contributed by atoms with Gasteiger partial charge in [0, 0.05) is 18.5 Å². The molecule has 2 rings (SSSR count). The van der Waals surface area contributed by atoms with Crippen molar-refractivity contribution < 1.29 is 14.4 Å². The molecule has 0 saturated heterocycles. The summed E-state index contributed by atoms with van der Waals surface area (Å²) in [5.41, 5.74) is 0.0787. The summed E-state index contributed by atoms with van der Waals surface area (Å²) in [5.74, 6) is 0.389. The quantitative estimate of drug-likeness (QED) is 0.820. The third-order valence-corrected chi connectivity index (χ3v) is 4.84. The number of aliphatic hydroxyl groups is 1. The summed E-state index contributed by atoms with van der Waals surface area (Å²) in [6.45, 7) is 14.1. The fourth-order valence-electron chi connectivity index (χ4n) is 3.96. The minimum Gasteiger partial charge on any atom is -0.385 e. The zero-order valence-electron chi connectivity index (χ0n) is 16.6. The van der Waals surface area contributed by atoms with E-state index in [1.165, 1.54) is 0 Å². The molecule has 1 atom stereocenters. The number of rotatable bonds is 5. The SMILES string of the molecule is Cc1noc(CC2(O)C=CCC(C)(C)C2)c1C(=O)N(C(C)C)C(C)C. The molecule has 0 aliphatic heterocycles. The van der Waals surface area contributed by atoms with E-state index < -0.39 is 5.60 Å². The molecule has 0 spiro atoms. The summed E-state index contributed by atoms with van der Waals surface area (Å²) >= 11 is 0. The average molecular weight is 348 g/mol. The van der Waals surface area contributed by atoms with E-state index in [0.29, 0.717) is 23.4 Å². The Bertz CT molecular complexity index is 650. The lowest BCUT2D eigenvalue weighted by Gasteiger charge is -2.37. The van der Waals surface area contributed by atoms with Gasteiger partial charge in [0.1, 0.15) is 5.56 Å². The summed E-state index contributed by atoms with van der Waals surface area (Å²) in [6.07, 6.45) is 5.68. The van der Waals surface area contributed by atoms with Crippen LogP contribution < -0.4 is 0 Å². The van der Waals surface area contributed by atoms with Crippen molar-refractivity contribution in [1.29, 1.82) is 0 Å². The minimum atomic E-state index is -1.01. The van der Waals surface area contributed by atoms with Gasteiger partial charge in [-0.1, -0.05) is 31.2 Å². The van der Waals surface area contributed by atoms with Crippen molar-refractivity contribution >= 4 is 5.91 Å². The van der Waals surface area contributed by atoms with Crippen molar-refractivity contribution in [2.75, 3.05) is 0 Å². The van der Waals surface area contributed by atoms with Crippen molar-refractivity contribution in [3.8, 4) is 0 Å². The van der Waals surface area contributed by atoms with Gasteiger partial charge in [0.05, 0.1) is 11.3 Å². The lowest BCUT2D eigenvalue weighted by Crippen LogP contribution is -2.43. The molecule has 1 aromatic rings. The zero-order valence-corrected chi connectivity index (χ0v) is 16.6. The number of carbonyl (C=O) groups excluding carboxylic acids is 1. The van der Waals surface area contributed by atoms with Gasteiger partial charge in [0.25, 0.3) is 5.91 Å². The third kappa shape index (κ3) is 4.32. The normalized spacial score (nSPS) is 22.6. The summed E-state index contributed by atoms with van der Waals surface area (Å²) in [5, 5.41) is 15.0. The monoisotopic (exact) mass is 348 g/mol. The molecular formula is C20H32N2O3. The maximum atomic E-state index is 13.1. The Morgan fingerprint density at radius 3 is 2.44 bits per heavy atom. The highest BCUT2D eigenvalue weighted by Crippen LogP contribution is 2.39. The lowest BCUT2D eigenvalue weighted by molar-refractivity contribution is 0.0284. The van der Waals surface area contributed by atoms with E-state index in [0.717, 1.165) is 6.42 Å². The van der Waals surface area contributed by atoms with Gasteiger partial charge in [-0.05, 0) is 52.9 Å². The van der Waals surface area contributed by atoms with Crippen LogP contribution >= 0.6 is 0 Å². The molecule has 1 N–H and O–H groups in total. The van der Waals surface area contributed by atoms with Crippen LogP contribution in [0.2, 0.25) is 0 Å². The van der Waals surface area contributed by atoms with Crippen LogP contribution in [0.3, 0.4) is 0 Å². The molecule has 5 heteroatoms.